The summed E-state index contributed by atoms with van der Waals surface area (Å²) in [6.07, 6.45) is 0. The summed E-state index contributed by atoms with van der Waals surface area (Å²) in [6.45, 7) is 0.895. The fourth-order valence-electron chi connectivity index (χ4n) is 2.00. The number of hydrogen-bond acceptors (Lipinski definition) is 5. The molecule has 0 amide bonds. The van der Waals surface area contributed by atoms with Crippen molar-refractivity contribution in [1.29, 1.82) is 0 Å². The lowest BCUT2D eigenvalue weighted by Gasteiger charge is -1.99. The summed E-state index contributed by atoms with van der Waals surface area (Å²) >= 11 is 0. The lowest BCUT2D eigenvalue weighted by Crippen LogP contribution is -2.13. The molecule has 21 heavy (non-hydrogen) atoms. The summed E-state index contributed by atoms with van der Waals surface area (Å²) in [6, 6.07) is 10.7. The molecule has 0 saturated carbocycles. The minimum atomic E-state index is -3.79. The van der Waals surface area contributed by atoms with Crippen molar-refractivity contribution in [3.63, 3.8) is 0 Å². The van der Waals surface area contributed by atoms with Crippen LogP contribution in [0.5, 0.6) is 0 Å². The van der Waals surface area contributed by atoms with Gasteiger partial charge in [-0.1, -0.05) is 12.1 Å². The van der Waals surface area contributed by atoms with E-state index in [9.17, 15) is 8.42 Å². The molecule has 0 aliphatic carbocycles. The normalized spacial score (nSPS) is 12.0. The Morgan fingerprint density at radius 1 is 1.19 bits per heavy atom. The highest BCUT2D eigenvalue weighted by Gasteiger charge is 2.13. The molecule has 0 atom stereocenters. The van der Waals surface area contributed by atoms with Crippen LogP contribution in [-0.4, -0.2) is 18.4 Å². The van der Waals surface area contributed by atoms with Crippen LogP contribution in [0.3, 0.4) is 0 Å². The fourth-order valence-corrected chi connectivity index (χ4v) is 2.48. The van der Waals surface area contributed by atoms with E-state index in [1.54, 1.807) is 6.07 Å². The quantitative estimate of drug-likeness (QED) is 0.653. The molecule has 3 rings (SSSR count). The Labute approximate surface area is 121 Å². The van der Waals surface area contributed by atoms with Crippen LogP contribution >= 0.6 is 0 Å². The molecule has 0 fully saturated rings. The van der Waals surface area contributed by atoms with Gasteiger partial charge in [-0.15, -0.1) is 0 Å². The van der Waals surface area contributed by atoms with Crippen LogP contribution in [0.1, 0.15) is 11.6 Å². The van der Waals surface area contributed by atoms with Gasteiger partial charge in [0.25, 0.3) is 10.0 Å². The largest absolute Gasteiger partial charge is 0.447 e. The molecule has 8 heteroatoms. The Hall–Kier alpha value is -2.16. The second kappa shape index (κ2) is 5.32. The topological polar surface area (TPSA) is 114 Å². The Balaban J connectivity index is 1.62. The molecule has 4 N–H and O–H groups in total. The molecule has 2 aromatic heterocycles. The molecule has 0 aliphatic heterocycles. The van der Waals surface area contributed by atoms with E-state index >= 15 is 0 Å². The van der Waals surface area contributed by atoms with Crippen molar-refractivity contribution >= 4 is 21.1 Å². The van der Waals surface area contributed by atoms with E-state index in [1.165, 1.54) is 6.07 Å². The summed E-state index contributed by atoms with van der Waals surface area (Å²) in [7, 11) is -3.79. The summed E-state index contributed by atoms with van der Waals surface area (Å²) in [5.74, 6) is 1.30. The molecule has 110 valence electrons. The molecule has 7 nitrogen and oxygen atoms in total. The van der Waals surface area contributed by atoms with Crippen molar-refractivity contribution in [2.75, 3.05) is 0 Å². The standard InChI is InChI=1S/C13H14N4O3S/c14-21(18,19)13-6-5-9(20-13)7-15-8-12-16-10-3-1-2-4-11(10)17-12/h1-6,15H,7-8H2,(H,16,17)(H2,14,18,19). The van der Waals surface area contributed by atoms with Gasteiger partial charge in [0.2, 0.25) is 5.09 Å². The van der Waals surface area contributed by atoms with Gasteiger partial charge < -0.3 is 14.7 Å². The van der Waals surface area contributed by atoms with Gasteiger partial charge in [-0.25, -0.2) is 18.5 Å². The average molecular weight is 306 g/mol. The summed E-state index contributed by atoms with van der Waals surface area (Å²) in [5, 5.41) is 7.86. The first-order valence-corrected chi connectivity index (χ1v) is 7.83. The van der Waals surface area contributed by atoms with Gasteiger partial charge in [0.05, 0.1) is 24.1 Å². The van der Waals surface area contributed by atoms with Gasteiger partial charge >= 0.3 is 0 Å². The molecule has 0 unspecified atom stereocenters. The maximum atomic E-state index is 11.1. The van der Waals surface area contributed by atoms with Crippen molar-refractivity contribution in [1.82, 2.24) is 15.3 Å². The summed E-state index contributed by atoms with van der Waals surface area (Å²) < 4.78 is 27.3. The zero-order valence-corrected chi connectivity index (χ0v) is 11.9. The van der Waals surface area contributed by atoms with Crippen LogP contribution in [0.25, 0.3) is 11.0 Å². The second-order valence-corrected chi connectivity index (χ2v) is 6.06. The highest BCUT2D eigenvalue weighted by molar-refractivity contribution is 7.89. The number of aromatic nitrogens is 2. The van der Waals surface area contributed by atoms with Crippen molar-refractivity contribution in [3.05, 3.63) is 48.0 Å². The molecule has 2 heterocycles. The first kappa shape index (κ1) is 13.8. The number of primary sulfonamides is 1. The Bertz CT molecular complexity index is 833. The van der Waals surface area contributed by atoms with Crippen LogP contribution in [-0.2, 0) is 23.1 Å². The Morgan fingerprint density at radius 2 is 2.00 bits per heavy atom. The van der Waals surface area contributed by atoms with Crippen molar-refractivity contribution in [3.8, 4) is 0 Å². The zero-order chi connectivity index (χ0) is 14.9. The number of nitrogens with zero attached hydrogens (tertiary/aromatic N) is 1. The number of para-hydroxylation sites is 2. The maximum Gasteiger partial charge on any atom is 0.271 e. The van der Waals surface area contributed by atoms with Gasteiger partial charge in [0.15, 0.2) is 0 Å². The zero-order valence-electron chi connectivity index (χ0n) is 11.0. The number of hydrogen-bond donors (Lipinski definition) is 3. The molecule has 0 radical (unpaired) electrons. The number of imidazole rings is 1. The van der Waals surface area contributed by atoms with E-state index in [4.69, 9.17) is 9.56 Å². The number of furan rings is 1. The highest BCUT2D eigenvalue weighted by Crippen LogP contribution is 2.13. The van der Waals surface area contributed by atoms with Gasteiger partial charge in [0.1, 0.15) is 11.6 Å². The van der Waals surface area contributed by atoms with E-state index in [-0.39, 0.29) is 5.09 Å². The number of rotatable bonds is 5. The monoisotopic (exact) mass is 306 g/mol. The predicted molar refractivity (Wildman–Crippen MR) is 76.7 cm³/mol. The molecule has 0 aliphatic rings. The van der Waals surface area contributed by atoms with Gasteiger partial charge in [-0.2, -0.15) is 0 Å². The van der Waals surface area contributed by atoms with E-state index in [2.05, 4.69) is 15.3 Å². The van der Waals surface area contributed by atoms with Crippen LogP contribution < -0.4 is 10.5 Å². The summed E-state index contributed by atoms with van der Waals surface area (Å²) in [5.41, 5.74) is 1.88. The minimum absolute atomic E-state index is 0.233. The van der Waals surface area contributed by atoms with E-state index in [0.717, 1.165) is 16.9 Å². The number of fused-ring (bicyclic) bond motifs is 1. The number of sulfonamides is 1. The summed E-state index contributed by atoms with van der Waals surface area (Å²) in [4.78, 5) is 7.62. The SMILES string of the molecule is NS(=O)(=O)c1ccc(CNCc2nc3ccccc3[nH]2)o1. The van der Waals surface area contributed by atoms with Crippen LogP contribution in [0.2, 0.25) is 0 Å². The van der Waals surface area contributed by atoms with Gasteiger partial charge in [-0.3, -0.25) is 0 Å². The fraction of sp³-hybridized carbons (Fsp3) is 0.154. The molecule has 0 spiro atoms. The Morgan fingerprint density at radius 3 is 2.71 bits per heavy atom. The van der Waals surface area contributed by atoms with E-state index in [0.29, 0.717) is 18.8 Å². The van der Waals surface area contributed by atoms with Crippen LogP contribution in [0.4, 0.5) is 0 Å². The van der Waals surface area contributed by atoms with Gasteiger partial charge in [0, 0.05) is 0 Å². The Kier molecular flexibility index (Phi) is 3.50. The number of H-pyrrole nitrogens is 1. The number of nitrogens with two attached hydrogens (primary N) is 1. The molecule has 0 saturated heterocycles. The second-order valence-electron chi connectivity index (χ2n) is 4.57. The van der Waals surface area contributed by atoms with E-state index in [1.807, 2.05) is 24.3 Å². The van der Waals surface area contributed by atoms with Gasteiger partial charge in [-0.05, 0) is 24.3 Å². The smallest absolute Gasteiger partial charge is 0.271 e. The molecule has 3 aromatic rings. The molecular formula is C13H14N4O3S. The lowest BCUT2D eigenvalue weighted by molar-refractivity contribution is 0.401. The first-order valence-electron chi connectivity index (χ1n) is 6.28. The van der Waals surface area contributed by atoms with Crippen LogP contribution in [0.15, 0.2) is 45.9 Å². The predicted octanol–water partition coefficient (Wildman–Crippen LogP) is 1.09. The average Bonchev–Trinajstić information content (AvgIpc) is 3.03. The molecule has 1 aromatic carbocycles. The van der Waals surface area contributed by atoms with Crippen molar-refractivity contribution < 1.29 is 12.8 Å². The highest BCUT2D eigenvalue weighted by atomic mass is 32.2. The first-order chi connectivity index (χ1) is 10.0. The van der Waals surface area contributed by atoms with Crippen molar-refractivity contribution in [2.45, 2.75) is 18.2 Å². The van der Waals surface area contributed by atoms with Crippen LogP contribution in [0, 0.1) is 0 Å². The number of nitrogens with one attached hydrogen (secondary N) is 2. The maximum absolute atomic E-state index is 11.1. The number of aromatic amines is 1. The minimum Gasteiger partial charge on any atom is -0.447 e. The third-order valence-corrected chi connectivity index (χ3v) is 3.73. The molecule has 0 bridgehead atoms. The van der Waals surface area contributed by atoms with E-state index < -0.39 is 10.0 Å². The lowest BCUT2D eigenvalue weighted by atomic mass is 10.3. The number of benzene rings is 1. The molecular weight excluding hydrogens is 292 g/mol. The third kappa shape index (κ3) is 3.13. The van der Waals surface area contributed by atoms with Crippen molar-refractivity contribution in [2.24, 2.45) is 5.14 Å². The third-order valence-electron chi connectivity index (χ3n) is 2.95.